The van der Waals surface area contributed by atoms with Gasteiger partial charge in [-0.05, 0) is 45.2 Å². The molecule has 0 amide bonds. The molecule has 1 fully saturated rings. The number of rotatable bonds is 10. The first-order valence-electron chi connectivity index (χ1n) is 11.6. The first-order valence-corrected chi connectivity index (χ1v) is 15.3. The van der Waals surface area contributed by atoms with Crippen LogP contribution < -0.4 is 10.6 Å². The van der Waals surface area contributed by atoms with Crippen molar-refractivity contribution in [2.24, 2.45) is 4.40 Å². The van der Waals surface area contributed by atoms with Gasteiger partial charge in [-0.1, -0.05) is 6.92 Å². The largest absolute Gasteiger partial charge is 0.504 e. The monoisotopic (exact) mass is 572 g/mol. The molecule has 2 aromatic heterocycles. The number of thiophene rings is 1. The number of aromatic hydroxyl groups is 1. The number of ether oxygens (including phenoxy) is 1. The number of hydrogen-bond donors (Lipinski definition) is 3. The lowest BCUT2D eigenvalue weighted by Crippen LogP contribution is -2.30. The molecule has 1 aliphatic heterocycles. The normalized spacial score (nSPS) is 18.1. The van der Waals surface area contributed by atoms with E-state index in [-0.39, 0.29) is 34.1 Å². The van der Waals surface area contributed by atoms with Gasteiger partial charge in [-0.15, -0.1) is 15.7 Å². The van der Waals surface area contributed by atoms with E-state index in [0.29, 0.717) is 17.9 Å². The Labute approximate surface area is 219 Å². The number of esters is 1. The number of carbonyl (C=O) groups excluding carboxylic acids is 1. The van der Waals surface area contributed by atoms with E-state index in [1.165, 1.54) is 23.7 Å². The molecule has 15 heteroatoms. The van der Waals surface area contributed by atoms with Crippen LogP contribution in [0.2, 0.25) is 0 Å². The molecule has 0 radical (unpaired) electrons. The minimum absolute atomic E-state index is 0.0659. The van der Waals surface area contributed by atoms with E-state index >= 15 is 0 Å². The zero-order chi connectivity index (χ0) is 27.1. The van der Waals surface area contributed by atoms with E-state index < -0.39 is 42.7 Å². The summed E-state index contributed by atoms with van der Waals surface area (Å²) in [6.07, 6.45) is 1.94. The third-order valence-corrected chi connectivity index (χ3v) is 10.6. The van der Waals surface area contributed by atoms with Crippen LogP contribution in [0.5, 0.6) is 5.75 Å². The summed E-state index contributed by atoms with van der Waals surface area (Å²) >= 11 is 0.785. The molecule has 0 saturated heterocycles. The van der Waals surface area contributed by atoms with Gasteiger partial charge in [0.05, 0.1) is 18.3 Å². The van der Waals surface area contributed by atoms with E-state index in [1.54, 1.807) is 19.1 Å². The van der Waals surface area contributed by atoms with Crippen LogP contribution in [0.1, 0.15) is 50.7 Å². The highest BCUT2D eigenvalue weighted by Gasteiger charge is 2.41. The molecule has 2 aromatic rings. The zero-order valence-corrected chi connectivity index (χ0v) is 23.1. The van der Waals surface area contributed by atoms with Crippen LogP contribution in [0.4, 0.5) is 5.69 Å². The van der Waals surface area contributed by atoms with Gasteiger partial charge in [0.2, 0.25) is 4.91 Å². The summed E-state index contributed by atoms with van der Waals surface area (Å²) in [5.41, 5.74) is -0.252. The van der Waals surface area contributed by atoms with E-state index in [4.69, 9.17) is 9.15 Å². The number of hydrogen-bond acceptors (Lipinski definition) is 11. The van der Waals surface area contributed by atoms with Gasteiger partial charge in [0, 0.05) is 18.5 Å². The summed E-state index contributed by atoms with van der Waals surface area (Å²) in [7, 11) is -6.98. The molecule has 12 nitrogen and oxygen atoms in total. The van der Waals surface area contributed by atoms with Crippen molar-refractivity contribution >= 4 is 48.9 Å². The van der Waals surface area contributed by atoms with E-state index in [1.807, 2.05) is 6.92 Å². The SMILES string of the molecule is CCOC(=O)C1=C(N[C@H](CC)c2ccc(C)o2)C(Nc2csc(S(=O)(=O)N(C)C3CC3)c2O)=NS1(=O)=O. The van der Waals surface area contributed by atoms with Crippen molar-refractivity contribution in [1.82, 2.24) is 9.62 Å². The minimum atomic E-state index is -4.48. The molecular weight excluding hydrogens is 544 g/mol. The van der Waals surface area contributed by atoms with Crippen molar-refractivity contribution in [2.45, 2.75) is 56.3 Å². The van der Waals surface area contributed by atoms with Gasteiger partial charge in [-0.3, -0.25) is 0 Å². The van der Waals surface area contributed by atoms with E-state index in [2.05, 4.69) is 15.0 Å². The van der Waals surface area contributed by atoms with Crippen molar-refractivity contribution in [3.05, 3.63) is 39.6 Å². The number of aryl methyl sites for hydroxylation is 1. The molecule has 3 heterocycles. The molecule has 1 saturated carbocycles. The fourth-order valence-corrected chi connectivity index (χ4v) is 7.73. The van der Waals surface area contributed by atoms with Gasteiger partial charge in [0.1, 0.15) is 17.2 Å². The van der Waals surface area contributed by atoms with Gasteiger partial charge in [0.15, 0.2) is 15.8 Å². The molecule has 0 spiro atoms. The molecule has 3 N–H and O–H groups in total. The lowest BCUT2D eigenvalue weighted by atomic mass is 10.1. The van der Waals surface area contributed by atoms with Crippen molar-refractivity contribution < 1.29 is 35.9 Å². The quantitative estimate of drug-likeness (QED) is 0.360. The van der Waals surface area contributed by atoms with Crippen LogP contribution in [0.15, 0.2) is 41.1 Å². The highest BCUT2D eigenvalue weighted by Crippen LogP contribution is 2.42. The first kappa shape index (κ1) is 27.2. The predicted octanol–water partition coefficient (Wildman–Crippen LogP) is 2.81. The fraction of sp³-hybridized carbons (Fsp3) is 0.455. The van der Waals surface area contributed by atoms with Crippen LogP contribution in [-0.4, -0.2) is 57.7 Å². The molecule has 0 unspecified atom stereocenters. The minimum Gasteiger partial charge on any atom is -0.504 e. The third-order valence-electron chi connectivity index (χ3n) is 5.89. The van der Waals surface area contributed by atoms with Crippen molar-refractivity contribution in [2.75, 3.05) is 19.0 Å². The molecule has 1 aliphatic carbocycles. The Kier molecular flexibility index (Phi) is 7.43. The summed E-state index contributed by atoms with van der Waals surface area (Å²) in [6.45, 7) is 5.08. The summed E-state index contributed by atoms with van der Waals surface area (Å²) in [4.78, 5) is 12.0. The maximum Gasteiger partial charge on any atom is 0.354 e. The molecule has 0 bridgehead atoms. The second-order valence-electron chi connectivity index (χ2n) is 8.56. The Bertz CT molecular complexity index is 1480. The first-order chi connectivity index (χ1) is 17.4. The van der Waals surface area contributed by atoms with Crippen molar-refractivity contribution in [1.29, 1.82) is 0 Å². The van der Waals surface area contributed by atoms with Gasteiger partial charge in [0.25, 0.3) is 20.0 Å². The zero-order valence-electron chi connectivity index (χ0n) is 20.6. The maximum atomic E-state index is 12.9. The van der Waals surface area contributed by atoms with Gasteiger partial charge in [-0.2, -0.15) is 12.7 Å². The highest BCUT2D eigenvalue weighted by molar-refractivity contribution is 7.95. The Morgan fingerprint density at radius 2 is 2.05 bits per heavy atom. The van der Waals surface area contributed by atoms with Gasteiger partial charge < -0.3 is 24.9 Å². The van der Waals surface area contributed by atoms with Crippen LogP contribution in [0.25, 0.3) is 0 Å². The summed E-state index contributed by atoms with van der Waals surface area (Å²) in [5, 5.41) is 17.8. The molecule has 37 heavy (non-hydrogen) atoms. The molecule has 1 atom stereocenters. The predicted molar refractivity (Wildman–Crippen MR) is 137 cm³/mol. The van der Waals surface area contributed by atoms with Crippen LogP contribution in [0, 0.1) is 6.92 Å². The molecule has 2 aliphatic rings. The molecule has 0 aromatic carbocycles. The highest BCUT2D eigenvalue weighted by atomic mass is 32.2. The van der Waals surface area contributed by atoms with Crippen molar-refractivity contribution in [3.63, 3.8) is 0 Å². The second-order valence-corrected chi connectivity index (χ2v) is 13.2. The average Bonchev–Trinajstić information content (AvgIpc) is 3.40. The Morgan fingerprint density at radius 1 is 1.35 bits per heavy atom. The van der Waals surface area contributed by atoms with Crippen LogP contribution >= 0.6 is 11.3 Å². The molecular formula is C22H28N4O8S3. The Morgan fingerprint density at radius 3 is 2.62 bits per heavy atom. The Hall–Kier alpha value is -2.88. The maximum absolute atomic E-state index is 12.9. The number of carbonyl (C=O) groups is 1. The van der Waals surface area contributed by atoms with Crippen LogP contribution in [-0.2, 0) is 29.6 Å². The topological polar surface area (TPSA) is 168 Å². The number of amidine groups is 1. The number of anilines is 1. The standard InChI is InChI=1S/C22H28N4O8S3/c1-5-14(16-10-7-12(3)34-16)23-17-19(21(28)33-6-2)36(29,30)25-20(17)24-15-11-35-22(18(15)27)37(31,32)26(4)13-8-9-13/h7,10-11,13-14,23,27H,5-6,8-9H2,1-4H3,(H,24,25)/t14-/m1/s1. The lowest BCUT2D eigenvalue weighted by molar-refractivity contribution is -0.137. The van der Waals surface area contributed by atoms with E-state index in [0.717, 1.165) is 24.2 Å². The van der Waals surface area contributed by atoms with Gasteiger partial charge in [-0.25, -0.2) is 13.2 Å². The second kappa shape index (κ2) is 10.1. The van der Waals surface area contributed by atoms with Crippen molar-refractivity contribution in [3.8, 4) is 5.75 Å². The fourth-order valence-electron chi connectivity index (χ4n) is 3.76. The summed E-state index contributed by atoms with van der Waals surface area (Å²) in [5.74, 6) is -0.810. The molecule has 4 rings (SSSR count). The van der Waals surface area contributed by atoms with Gasteiger partial charge >= 0.3 is 5.97 Å². The number of nitrogens with zero attached hydrogens (tertiary/aromatic N) is 2. The number of nitrogens with one attached hydrogen (secondary N) is 2. The Balaban J connectivity index is 1.72. The summed E-state index contributed by atoms with van der Waals surface area (Å²) in [6, 6.07) is 2.83. The third kappa shape index (κ3) is 5.26. The number of furan rings is 1. The summed E-state index contributed by atoms with van der Waals surface area (Å²) < 4.78 is 67.0. The number of sulfonamides is 2. The lowest BCUT2D eigenvalue weighted by Gasteiger charge is -2.19. The smallest absolute Gasteiger partial charge is 0.354 e. The van der Waals surface area contributed by atoms with Crippen LogP contribution in [0.3, 0.4) is 0 Å². The average molecular weight is 573 g/mol. The van der Waals surface area contributed by atoms with E-state index in [9.17, 15) is 26.7 Å². The molecule has 202 valence electrons.